The van der Waals surface area contributed by atoms with Gasteiger partial charge in [0.15, 0.2) is 9.04 Å². The van der Waals surface area contributed by atoms with E-state index >= 15 is 0 Å². The average Bonchev–Trinajstić information content (AvgIpc) is 2.70. The van der Waals surface area contributed by atoms with Crippen molar-refractivity contribution in [3.63, 3.8) is 0 Å². The van der Waals surface area contributed by atoms with Crippen LogP contribution in [0.1, 0.15) is 83.2 Å². The fourth-order valence-electron chi connectivity index (χ4n) is 3.79. The SMILES string of the molecule is CCCc1c(OC(C(=O)OC(C)(C)C)c2ccccc2)ccc(C(C)(C)C)c1CO[SiH](C)C. The Morgan fingerprint density at radius 3 is 2.09 bits per heavy atom. The second-order valence-electron chi connectivity index (χ2n) is 10.9. The van der Waals surface area contributed by atoms with E-state index < -0.39 is 20.7 Å². The molecule has 182 valence electrons. The van der Waals surface area contributed by atoms with E-state index in [2.05, 4.69) is 46.9 Å². The zero-order chi connectivity index (χ0) is 24.8. The maximum absolute atomic E-state index is 13.2. The molecule has 0 bridgehead atoms. The minimum atomic E-state index is -1.20. The first-order chi connectivity index (χ1) is 15.3. The molecule has 1 unspecified atom stereocenters. The van der Waals surface area contributed by atoms with Gasteiger partial charge >= 0.3 is 5.97 Å². The van der Waals surface area contributed by atoms with Crippen molar-refractivity contribution in [3.8, 4) is 5.75 Å². The van der Waals surface area contributed by atoms with Gasteiger partial charge in [0.25, 0.3) is 0 Å². The van der Waals surface area contributed by atoms with Crippen LogP contribution in [-0.2, 0) is 32.4 Å². The van der Waals surface area contributed by atoms with E-state index in [1.807, 2.05) is 57.2 Å². The third kappa shape index (κ3) is 8.00. The summed E-state index contributed by atoms with van der Waals surface area (Å²) in [4.78, 5) is 13.2. The van der Waals surface area contributed by atoms with Crippen LogP contribution in [0.4, 0.5) is 0 Å². The van der Waals surface area contributed by atoms with Crippen molar-refractivity contribution in [3.05, 3.63) is 64.7 Å². The van der Waals surface area contributed by atoms with Crippen molar-refractivity contribution in [1.29, 1.82) is 0 Å². The molecule has 0 aliphatic rings. The highest BCUT2D eigenvalue weighted by Gasteiger charge is 2.30. The first kappa shape index (κ1) is 27.1. The third-order valence-corrected chi connectivity index (χ3v) is 6.06. The molecule has 0 N–H and O–H groups in total. The number of carbonyl (C=O) groups excluding carboxylic acids is 1. The van der Waals surface area contributed by atoms with Crippen molar-refractivity contribution in [2.45, 2.75) is 98.1 Å². The average molecular weight is 471 g/mol. The molecule has 0 fully saturated rings. The molecule has 2 aromatic rings. The lowest BCUT2D eigenvalue weighted by molar-refractivity contribution is -0.163. The molecule has 0 amide bonds. The van der Waals surface area contributed by atoms with E-state index in [0.717, 1.165) is 29.7 Å². The van der Waals surface area contributed by atoms with Gasteiger partial charge in [-0.1, -0.05) is 70.5 Å². The molecule has 0 radical (unpaired) electrons. The topological polar surface area (TPSA) is 44.8 Å². The highest BCUT2D eigenvalue weighted by Crippen LogP contribution is 2.37. The first-order valence-electron chi connectivity index (χ1n) is 12.0. The molecule has 0 aromatic heterocycles. The molecule has 0 heterocycles. The maximum atomic E-state index is 13.2. The zero-order valence-electron chi connectivity index (χ0n) is 22.0. The zero-order valence-corrected chi connectivity index (χ0v) is 23.1. The molecule has 2 rings (SSSR count). The van der Waals surface area contributed by atoms with E-state index in [0.29, 0.717) is 6.61 Å². The molecule has 0 spiro atoms. The van der Waals surface area contributed by atoms with Gasteiger partial charge in [0.05, 0.1) is 6.61 Å². The van der Waals surface area contributed by atoms with E-state index in [1.54, 1.807) is 0 Å². The Hall–Kier alpha value is -2.11. The lowest BCUT2D eigenvalue weighted by atomic mass is 9.81. The van der Waals surface area contributed by atoms with Crippen molar-refractivity contribution >= 4 is 15.0 Å². The normalized spacial score (nSPS) is 13.2. The first-order valence-corrected chi connectivity index (χ1v) is 14.8. The predicted molar refractivity (Wildman–Crippen MR) is 138 cm³/mol. The summed E-state index contributed by atoms with van der Waals surface area (Å²) in [5, 5.41) is 0. The minimum Gasteiger partial charge on any atom is -0.474 e. The van der Waals surface area contributed by atoms with Gasteiger partial charge in [0, 0.05) is 5.56 Å². The maximum Gasteiger partial charge on any atom is 0.352 e. The van der Waals surface area contributed by atoms with Crippen molar-refractivity contribution in [1.82, 2.24) is 0 Å². The summed E-state index contributed by atoms with van der Waals surface area (Å²) in [5.74, 6) is 0.344. The number of hydrogen-bond acceptors (Lipinski definition) is 4. The number of esters is 1. The molecule has 0 aliphatic carbocycles. The van der Waals surface area contributed by atoms with Gasteiger partial charge in [-0.05, 0) is 68.5 Å². The van der Waals surface area contributed by atoms with Crippen LogP contribution in [0.3, 0.4) is 0 Å². The van der Waals surface area contributed by atoms with Crippen molar-refractivity contribution in [2.75, 3.05) is 0 Å². The van der Waals surface area contributed by atoms with Crippen molar-refractivity contribution < 1.29 is 18.7 Å². The van der Waals surface area contributed by atoms with Crippen LogP contribution in [0.2, 0.25) is 13.1 Å². The third-order valence-electron chi connectivity index (χ3n) is 5.23. The van der Waals surface area contributed by atoms with Gasteiger partial charge in [-0.2, -0.15) is 0 Å². The molecular formula is C28H42O4Si. The summed E-state index contributed by atoms with van der Waals surface area (Å²) in [6.07, 6.45) is 0.987. The Morgan fingerprint density at radius 1 is 0.939 bits per heavy atom. The quantitative estimate of drug-likeness (QED) is 0.295. The summed E-state index contributed by atoms with van der Waals surface area (Å²) in [6, 6.07) is 13.7. The highest BCUT2D eigenvalue weighted by molar-refractivity contribution is 6.48. The minimum absolute atomic E-state index is 0.0255. The Labute approximate surface area is 202 Å². The van der Waals surface area contributed by atoms with Crippen LogP contribution in [-0.4, -0.2) is 20.6 Å². The molecule has 0 saturated heterocycles. The lowest BCUT2D eigenvalue weighted by Crippen LogP contribution is -2.30. The Bertz CT molecular complexity index is 908. The van der Waals surface area contributed by atoms with E-state index in [-0.39, 0.29) is 11.4 Å². The van der Waals surface area contributed by atoms with Gasteiger partial charge in [-0.3, -0.25) is 0 Å². The summed E-state index contributed by atoms with van der Waals surface area (Å²) >= 11 is 0. The van der Waals surface area contributed by atoms with Crippen molar-refractivity contribution in [2.24, 2.45) is 0 Å². The molecule has 0 aliphatic heterocycles. The van der Waals surface area contributed by atoms with Gasteiger partial charge in [0.1, 0.15) is 11.4 Å². The largest absolute Gasteiger partial charge is 0.474 e. The number of ether oxygens (including phenoxy) is 2. The molecule has 33 heavy (non-hydrogen) atoms. The van der Waals surface area contributed by atoms with Crippen LogP contribution in [0.5, 0.6) is 5.75 Å². The summed E-state index contributed by atoms with van der Waals surface area (Å²) in [7, 11) is -1.20. The van der Waals surface area contributed by atoms with Crippen LogP contribution in [0.25, 0.3) is 0 Å². The standard InChI is InChI=1S/C28H42O4Si/c1-10-14-21-22(19-30-33(8)9)23(27(2,3)4)17-18-24(21)31-25(20-15-12-11-13-16-20)26(29)32-28(5,6)7/h11-13,15-18,25,33H,10,14,19H2,1-9H3. The smallest absolute Gasteiger partial charge is 0.352 e. The number of hydrogen-bond donors (Lipinski definition) is 0. The van der Waals surface area contributed by atoms with E-state index in [4.69, 9.17) is 13.9 Å². The highest BCUT2D eigenvalue weighted by atomic mass is 28.3. The molecule has 2 aromatic carbocycles. The predicted octanol–water partition coefficient (Wildman–Crippen LogP) is 6.90. The van der Waals surface area contributed by atoms with Crippen LogP contribution >= 0.6 is 0 Å². The fourth-order valence-corrected chi connectivity index (χ4v) is 4.29. The molecule has 0 saturated carbocycles. The second kappa shape index (κ2) is 11.3. The van der Waals surface area contributed by atoms with E-state index in [1.165, 1.54) is 11.1 Å². The molecular weight excluding hydrogens is 428 g/mol. The molecule has 4 nitrogen and oxygen atoms in total. The number of rotatable bonds is 9. The number of carbonyl (C=O) groups is 1. The number of benzene rings is 2. The van der Waals surface area contributed by atoms with Crippen LogP contribution in [0, 0.1) is 0 Å². The lowest BCUT2D eigenvalue weighted by Gasteiger charge is -2.29. The second-order valence-corrected chi connectivity index (χ2v) is 13.3. The molecule has 1 atom stereocenters. The van der Waals surface area contributed by atoms with Crippen LogP contribution in [0.15, 0.2) is 42.5 Å². The monoisotopic (exact) mass is 470 g/mol. The van der Waals surface area contributed by atoms with Gasteiger partial charge in [0.2, 0.25) is 6.10 Å². The van der Waals surface area contributed by atoms with Crippen LogP contribution < -0.4 is 4.74 Å². The Morgan fingerprint density at radius 2 is 1.58 bits per heavy atom. The Balaban J connectivity index is 2.59. The van der Waals surface area contributed by atoms with Gasteiger partial charge < -0.3 is 13.9 Å². The fraction of sp³-hybridized carbons (Fsp3) is 0.536. The summed E-state index contributed by atoms with van der Waals surface area (Å²) < 4.78 is 18.4. The summed E-state index contributed by atoms with van der Waals surface area (Å²) in [5.41, 5.74) is 3.74. The summed E-state index contributed by atoms with van der Waals surface area (Å²) in [6.45, 7) is 19.4. The van der Waals surface area contributed by atoms with Gasteiger partial charge in [-0.15, -0.1) is 0 Å². The van der Waals surface area contributed by atoms with E-state index in [9.17, 15) is 4.79 Å². The van der Waals surface area contributed by atoms with Gasteiger partial charge in [-0.25, -0.2) is 4.79 Å². The molecule has 5 heteroatoms. The Kier molecular flexibility index (Phi) is 9.33.